The Morgan fingerprint density at radius 2 is 2.36 bits per heavy atom. The van der Waals surface area contributed by atoms with Crippen molar-refractivity contribution in [2.75, 3.05) is 6.54 Å². The molecule has 3 nitrogen and oxygen atoms in total. The average molecular weight is 193 g/mol. The third-order valence-corrected chi connectivity index (χ3v) is 3.28. The maximum absolute atomic E-state index is 5.64. The fourth-order valence-corrected chi connectivity index (χ4v) is 2.68. The highest BCUT2D eigenvalue weighted by Gasteiger charge is 2.25. The van der Waals surface area contributed by atoms with E-state index in [9.17, 15) is 0 Å². The van der Waals surface area contributed by atoms with Crippen LogP contribution in [0.4, 0.5) is 0 Å². The molecule has 2 rings (SSSR count). The fourth-order valence-electron chi connectivity index (χ4n) is 2.68. The lowest BCUT2D eigenvalue weighted by Crippen LogP contribution is -2.16. The standard InChI is InChI=1S/C11H19N3/c1-8-10-5-3-4-9(6-7-12)11(10)14(2)13-8/h9H,3-7,12H2,1-2H3. The molecule has 1 atom stereocenters. The van der Waals surface area contributed by atoms with E-state index >= 15 is 0 Å². The van der Waals surface area contributed by atoms with Crippen LogP contribution in [0.2, 0.25) is 0 Å². The largest absolute Gasteiger partial charge is 0.330 e. The number of rotatable bonds is 2. The highest BCUT2D eigenvalue weighted by molar-refractivity contribution is 5.30. The predicted molar refractivity (Wildman–Crippen MR) is 57.3 cm³/mol. The van der Waals surface area contributed by atoms with Gasteiger partial charge in [0.05, 0.1) is 5.69 Å². The molecule has 0 saturated heterocycles. The third-order valence-electron chi connectivity index (χ3n) is 3.28. The summed E-state index contributed by atoms with van der Waals surface area (Å²) in [6, 6.07) is 0. The molecule has 0 radical (unpaired) electrons. The molecular weight excluding hydrogens is 174 g/mol. The van der Waals surface area contributed by atoms with Gasteiger partial charge in [-0.1, -0.05) is 0 Å². The highest BCUT2D eigenvalue weighted by Crippen LogP contribution is 2.34. The number of aromatic nitrogens is 2. The van der Waals surface area contributed by atoms with Crippen LogP contribution in [-0.4, -0.2) is 16.3 Å². The lowest BCUT2D eigenvalue weighted by atomic mass is 9.85. The van der Waals surface area contributed by atoms with Crippen LogP contribution in [0.15, 0.2) is 0 Å². The number of hydrogen-bond donors (Lipinski definition) is 1. The zero-order valence-electron chi connectivity index (χ0n) is 9.08. The van der Waals surface area contributed by atoms with Gasteiger partial charge in [0.1, 0.15) is 0 Å². The Kier molecular flexibility index (Phi) is 2.59. The Morgan fingerprint density at radius 1 is 1.57 bits per heavy atom. The topological polar surface area (TPSA) is 43.8 Å². The van der Waals surface area contributed by atoms with Gasteiger partial charge in [-0.15, -0.1) is 0 Å². The summed E-state index contributed by atoms with van der Waals surface area (Å²) in [7, 11) is 2.06. The van der Waals surface area contributed by atoms with Gasteiger partial charge in [0.15, 0.2) is 0 Å². The van der Waals surface area contributed by atoms with E-state index in [1.165, 1.54) is 36.2 Å². The molecule has 0 aromatic carbocycles. The SMILES string of the molecule is Cc1nn(C)c2c1CCCC2CCN. The number of nitrogens with zero attached hydrogens (tertiary/aromatic N) is 2. The van der Waals surface area contributed by atoms with Crippen molar-refractivity contribution in [3.05, 3.63) is 17.0 Å². The lowest BCUT2D eigenvalue weighted by Gasteiger charge is -2.23. The lowest BCUT2D eigenvalue weighted by molar-refractivity contribution is 0.491. The Labute approximate surface area is 85.3 Å². The number of nitrogens with two attached hydrogens (primary N) is 1. The summed E-state index contributed by atoms with van der Waals surface area (Å²) >= 11 is 0. The molecule has 0 aliphatic heterocycles. The molecule has 0 amide bonds. The zero-order valence-corrected chi connectivity index (χ0v) is 9.08. The van der Waals surface area contributed by atoms with E-state index in [-0.39, 0.29) is 0 Å². The molecular formula is C11H19N3. The summed E-state index contributed by atoms with van der Waals surface area (Å²) in [6.45, 7) is 2.90. The first-order valence-electron chi connectivity index (χ1n) is 5.46. The van der Waals surface area contributed by atoms with Gasteiger partial charge in [-0.2, -0.15) is 5.10 Å². The maximum Gasteiger partial charge on any atom is 0.0628 e. The van der Waals surface area contributed by atoms with Crippen molar-refractivity contribution in [2.24, 2.45) is 12.8 Å². The van der Waals surface area contributed by atoms with E-state index in [1.54, 1.807) is 0 Å². The second-order valence-corrected chi connectivity index (χ2v) is 4.24. The minimum Gasteiger partial charge on any atom is -0.330 e. The van der Waals surface area contributed by atoms with Crippen molar-refractivity contribution in [1.29, 1.82) is 0 Å². The van der Waals surface area contributed by atoms with Crippen LogP contribution in [-0.2, 0) is 13.5 Å². The van der Waals surface area contributed by atoms with Crippen LogP contribution in [0.5, 0.6) is 0 Å². The molecule has 1 aliphatic rings. The Balaban J connectivity index is 2.37. The molecule has 1 aromatic rings. The van der Waals surface area contributed by atoms with Gasteiger partial charge in [-0.05, 0) is 44.7 Å². The monoisotopic (exact) mass is 193 g/mol. The molecule has 14 heavy (non-hydrogen) atoms. The van der Waals surface area contributed by atoms with Crippen molar-refractivity contribution in [3.63, 3.8) is 0 Å². The minimum absolute atomic E-state index is 0.648. The van der Waals surface area contributed by atoms with Crippen LogP contribution in [0.3, 0.4) is 0 Å². The molecule has 78 valence electrons. The van der Waals surface area contributed by atoms with Gasteiger partial charge in [0.2, 0.25) is 0 Å². The molecule has 1 aliphatic carbocycles. The van der Waals surface area contributed by atoms with Gasteiger partial charge in [-0.3, -0.25) is 4.68 Å². The van der Waals surface area contributed by atoms with Crippen molar-refractivity contribution < 1.29 is 0 Å². The molecule has 0 bridgehead atoms. The highest BCUT2D eigenvalue weighted by atomic mass is 15.3. The number of aryl methyl sites for hydroxylation is 2. The summed E-state index contributed by atoms with van der Waals surface area (Å²) < 4.78 is 2.06. The first-order chi connectivity index (χ1) is 6.74. The van der Waals surface area contributed by atoms with E-state index in [2.05, 4.69) is 23.8 Å². The molecule has 0 fully saturated rings. The molecule has 2 N–H and O–H groups in total. The van der Waals surface area contributed by atoms with E-state index in [1.807, 2.05) is 0 Å². The first-order valence-corrected chi connectivity index (χ1v) is 5.46. The predicted octanol–water partition coefficient (Wildman–Crippen LogP) is 1.50. The van der Waals surface area contributed by atoms with Crippen LogP contribution in [0.1, 0.15) is 42.1 Å². The Hall–Kier alpha value is -0.830. The van der Waals surface area contributed by atoms with Crippen LogP contribution < -0.4 is 5.73 Å². The van der Waals surface area contributed by atoms with E-state index in [0.29, 0.717) is 5.92 Å². The zero-order chi connectivity index (χ0) is 10.1. The van der Waals surface area contributed by atoms with Gasteiger partial charge < -0.3 is 5.73 Å². The minimum atomic E-state index is 0.648. The smallest absolute Gasteiger partial charge is 0.0628 e. The Bertz CT molecular complexity index is 328. The first kappa shape index (κ1) is 9.71. The summed E-state index contributed by atoms with van der Waals surface area (Å²) in [6.07, 6.45) is 4.88. The van der Waals surface area contributed by atoms with Crippen LogP contribution in [0.25, 0.3) is 0 Å². The van der Waals surface area contributed by atoms with E-state index in [0.717, 1.165) is 13.0 Å². The van der Waals surface area contributed by atoms with Crippen molar-refractivity contribution >= 4 is 0 Å². The molecule has 1 heterocycles. The number of hydrogen-bond acceptors (Lipinski definition) is 2. The molecule has 1 unspecified atom stereocenters. The molecule has 0 saturated carbocycles. The van der Waals surface area contributed by atoms with Gasteiger partial charge >= 0.3 is 0 Å². The van der Waals surface area contributed by atoms with Crippen molar-refractivity contribution in [3.8, 4) is 0 Å². The van der Waals surface area contributed by atoms with E-state index < -0.39 is 0 Å². The Morgan fingerprint density at radius 3 is 3.07 bits per heavy atom. The van der Waals surface area contributed by atoms with Gasteiger partial charge in [-0.25, -0.2) is 0 Å². The molecule has 3 heteroatoms. The fraction of sp³-hybridized carbons (Fsp3) is 0.727. The van der Waals surface area contributed by atoms with Crippen molar-refractivity contribution in [2.45, 2.75) is 38.5 Å². The normalized spacial score (nSPS) is 20.9. The summed E-state index contributed by atoms with van der Waals surface area (Å²) in [5, 5.41) is 4.50. The quantitative estimate of drug-likeness (QED) is 0.773. The third kappa shape index (κ3) is 1.46. The average Bonchev–Trinajstić information content (AvgIpc) is 2.44. The molecule has 0 spiro atoms. The van der Waals surface area contributed by atoms with Crippen molar-refractivity contribution in [1.82, 2.24) is 9.78 Å². The number of fused-ring (bicyclic) bond motifs is 1. The second-order valence-electron chi connectivity index (χ2n) is 4.24. The summed E-state index contributed by atoms with van der Waals surface area (Å²) in [5.74, 6) is 0.648. The van der Waals surface area contributed by atoms with Crippen LogP contribution >= 0.6 is 0 Å². The second kappa shape index (κ2) is 3.73. The maximum atomic E-state index is 5.64. The van der Waals surface area contributed by atoms with Gasteiger partial charge in [0, 0.05) is 18.7 Å². The summed E-state index contributed by atoms with van der Waals surface area (Å²) in [4.78, 5) is 0. The van der Waals surface area contributed by atoms with E-state index in [4.69, 9.17) is 5.73 Å². The van der Waals surface area contributed by atoms with Gasteiger partial charge in [0.25, 0.3) is 0 Å². The summed E-state index contributed by atoms with van der Waals surface area (Å²) in [5.41, 5.74) is 9.78. The van der Waals surface area contributed by atoms with Crippen LogP contribution in [0, 0.1) is 6.92 Å². The molecule has 1 aromatic heterocycles.